The van der Waals surface area contributed by atoms with Crippen molar-refractivity contribution in [2.45, 2.75) is 38.5 Å². The minimum absolute atomic E-state index is 0.230. The number of nitrogens with zero attached hydrogens (tertiary/aromatic N) is 3. The van der Waals surface area contributed by atoms with E-state index in [0.29, 0.717) is 19.3 Å². The van der Waals surface area contributed by atoms with E-state index in [0.717, 1.165) is 37.3 Å². The van der Waals surface area contributed by atoms with Crippen molar-refractivity contribution in [3.05, 3.63) is 59.7 Å². The van der Waals surface area contributed by atoms with Crippen LogP contribution in [0.5, 0.6) is 0 Å². The highest BCUT2D eigenvalue weighted by molar-refractivity contribution is 5.14. The van der Waals surface area contributed by atoms with Gasteiger partial charge < -0.3 is 9.47 Å². The third-order valence-corrected chi connectivity index (χ3v) is 4.72. The predicted molar refractivity (Wildman–Crippen MR) is 97.3 cm³/mol. The Morgan fingerprint density at radius 3 is 2.76 bits per heavy atom. The van der Waals surface area contributed by atoms with Crippen molar-refractivity contribution < 1.29 is 9.47 Å². The molecular formula is C20H27N3O2. The van der Waals surface area contributed by atoms with Crippen molar-refractivity contribution in [3.63, 3.8) is 0 Å². The van der Waals surface area contributed by atoms with Gasteiger partial charge in [-0.1, -0.05) is 6.07 Å². The van der Waals surface area contributed by atoms with Crippen LogP contribution in [0.3, 0.4) is 0 Å². The van der Waals surface area contributed by atoms with E-state index in [2.05, 4.69) is 39.1 Å². The van der Waals surface area contributed by atoms with Crippen LogP contribution in [0.1, 0.15) is 23.4 Å². The van der Waals surface area contributed by atoms with Gasteiger partial charge in [-0.05, 0) is 49.6 Å². The van der Waals surface area contributed by atoms with Crippen molar-refractivity contribution in [2.75, 3.05) is 26.9 Å². The van der Waals surface area contributed by atoms with Gasteiger partial charge in [-0.25, -0.2) is 0 Å². The highest BCUT2D eigenvalue weighted by Gasteiger charge is 2.35. The normalized spacial score (nSPS) is 20.9. The van der Waals surface area contributed by atoms with E-state index in [1.54, 1.807) is 7.11 Å². The molecule has 25 heavy (non-hydrogen) atoms. The van der Waals surface area contributed by atoms with Crippen molar-refractivity contribution in [1.29, 1.82) is 0 Å². The number of aromatic nitrogens is 2. The lowest BCUT2D eigenvalue weighted by Gasteiger charge is -2.28. The summed E-state index contributed by atoms with van der Waals surface area (Å²) in [6, 6.07) is 10.8. The zero-order valence-electron chi connectivity index (χ0n) is 15.1. The summed E-state index contributed by atoms with van der Waals surface area (Å²) in [5.74, 6) is 0. The van der Waals surface area contributed by atoms with E-state index in [9.17, 15) is 0 Å². The van der Waals surface area contributed by atoms with Crippen LogP contribution in [0.15, 0.2) is 42.7 Å². The highest BCUT2D eigenvalue weighted by atomic mass is 16.5. The maximum absolute atomic E-state index is 6.12. The molecule has 0 radical (unpaired) electrons. The van der Waals surface area contributed by atoms with Gasteiger partial charge in [-0.2, -0.15) is 0 Å². The van der Waals surface area contributed by atoms with E-state index < -0.39 is 0 Å². The average molecular weight is 341 g/mol. The largest absolute Gasteiger partial charge is 0.382 e. The lowest BCUT2D eigenvalue weighted by Crippen LogP contribution is -2.38. The molecule has 0 amide bonds. The topological polar surface area (TPSA) is 47.5 Å². The Kier molecular flexibility index (Phi) is 6.50. The first-order chi connectivity index (χ1) is 12.3. The molecule has 2 atom stereocenters. The Balaban J connectivity index is 1.71. The highest BCUT2D eigenvalue weighted by Crippen LogP contribution is 2.26. The summed E-state index contributed by atoms with van der Waals surface area (Å²) in [6.45, 7) is 5.21. The molecule has 2 aromatic heterocycles. The zero-order chi connectivity index (χ0) is 17.5. The molecule has 1 saturated heterocycles. The first-order valence-electron chi connectivity index (χ1n) is 8.92. The summed E-state index contributed by atoms with van der Waals surface area (Å²) < 4.78 is 11.3. The maximum atomic E-state index is 6.12. The Hall–Kier alpha value is -1.82. The molecule has 5 heteroatoms. The molecular weight excluding hydrogens is 314 g/mol. The molecule has 134 valence electrons. The lowest BCUT2D eigenvalue weighted by atomic mass is 10.0. The first-order valence-corrected chi connectivity index (χ1v) is 8.92. The van der Waals surface area contributed by atoms with Crippen LogP contribution in [0.25, 0.3) is 0 Å². The average Bonchev–Trinajstić information content (AvgIpc) is 2.98. The van der Waals surface area contributed by atoms with Crippen molar-refractivity contribution >= 4 is 0 Å². The number of hydrogen-bond donors (Lipinski definition) is 0. The Bertz CT molecular complexity index is 650. The van der Waals surface area contributed by atoms with E-state index in [4.69, 9.17) is 9.47 Å². The molecule has 0 unspecified atom stereocenters. The first kappa shape index (κ1) is 18.0. The molecule has 3 rings (SSSR count). The van der Waals surface area contributed by atoms with Crippen LogP contribution in [0.4, 0.5) is 0 Å². The number of likely N-dealkylation sites (tertiary alicyclic amines) is 1. The van der Waals surface area contributed by atoms with Crippen LogP contribution in [0.2, 0.25) is 0 Å². The quantitative estimate of drug-likeness (QED) is 0.691. The number of methoxy groups -OCH3 is 1. The number of hydrogen-bond acceptors (Lipinski definition) is 5. The number of aryl methyl sites for hydroxylation is 1. The summed E-state index contributed by atoms with van der Waals surface area (Å²) in [5.41, 5.74) is 3.48. The number of ether oxygens (including phenoxy) is 2. The van der Waals surface area contributed by atoms with E-state index in [-0.39, 0.29) is 6.10 Å². The standard InChI is InChI=1S/C20H27N3O2/c1-16-4-3-5-18(22-16)15-23-11-8-20(25-13-12-24-2)19(23)14-17-6-9-21-10-7-17/h3-7,9-10,19-20H,8,11-15H2,1-2H3/t19-,20+/m0/s1. The molecule has 0 aliphatic carbocycles. The van der Waals surface area contributed by atoms with Crippen LogP contribution >= 0.6 is 0 Å². The number of rotatable bonds is 8. The third kappa shape index (κ3) is 5.08. The molecule has 0 saturated carbocycles. The van der Waals surface area contributed by atoms with E-state index in [1.807, 2.05) is 25.4 Å². The molecule has 1 fully saturated rings. The van der Waals surface area contributed by atoms with Gasteiger partial charge in [0.2, 0.25) is 0 Å². The zero-order valence-corrected chi connectivity index (χ0v) is 15.1. The fourth-order valence-electron chi connectivity index (χ4n) is 3.48. The van der Waals surface area contributed by atoms with Gasteiger partial charge >= 0.3 is 0 Å². The third-order valence-electron chi connectivity index (χ3n) is 4.72. The van der Waals surface area contributed by atoms with Gasteiger partial charge in [0, 0.05) is 44.3 Å². The van der Waals surface area contributed by atoms with Crippen LogP contribution in [-0.4, -0.2) is 53.9 Å². The monoisotopic (exact) mass is 341 g/mol. The fraction of sp³-hybridized carbons (Fsp3) is 0.500. The minimum atomic E-state index is 0.230. The molecule has 0 bridgehead atoms. The summed E-state index contributed by atoms with van der Waals surface area (Å²) in [7, 11) is 1.71. The molecule has 1 aliphatic rings. The van der Waals surface area contributed by atoms with Crippen LogP contribution in [0, 0.1) is 6.92 Å². The molecule has 1 aliphatic heterocycles. The van der Waals surface area contributed by atoms with Crippen molar-refractivity contribution in [1.82, 2.24) is 14.9 Å². The second-order valence-corrected chi connectivity index (χ2v) is 6.56. The van der Waals surface area contributed by atoms with Crippen molar-refractivity contribution in [3.8, 4) is 0 Å². The summed E-state index contributed by atoms with van der Waals surface area (Å²) >= 11 is 0. The van der Waals surface area contributed by atoms with E-state index in [1.165, 1.54) is 5.56 Å². The predicted octanol–water partition coefficient (Wildman–Crippen LogP) is 2.63. The molecule has 0 N–H and O–H groups in total. The second kappa shape index (κ2) is 9.04. The van der Waals surface area contributed by atoms with Gasteiger partial charge in [0.25, 0.3) is 0 Å². The van der Waals surface area contributed by atoms with Gasteiger partial charge in [0.1, 0.15) is 0 Å². The van der Waals surface area contributed by atoms with Crippen LogP contribution in [-0.2, 0) is 22.4 Å². The lowest BCUT2D eigenvalue weighted by molar-refractivity contribution is -0.00143. The van der Waals surface area contributed by atoms with Gasteiger partial charge in [-0.3, -0.25) is 14.9 Å². The summed E-state index contributed by atoms with van der Waals surface area (Å²) in [4.78, 5) is 11.3. The van der Waals surface area contributed by atoms with Gasteiger partial charge in [-0.15, -0.1) is 0 Å². The van der Waals surface area contributed by atoms with Crippen molar-refractivity contribution in [2.24, 2.45) is 0 Å². The number of pyridine rings is 2. The molecule has 2 aromatic rings. The van der Waals surface area contributed by atoms with E-state index >= 15 is 0 Å². The SMILES string of the molecule is COCCO[C@@H]1CCN(Cc2cccc(C)n2)[C@H]1Cc1ccncc1. The summed E-state index contributed by atoms with van der Waals surface area (Å²) in [6.07, 6.45) is 5.96. The van der Waals surface area contributed by atoms with Gasteiger partial charge in [0.05, 0.1) is 25.0 Å². The second-order valence-electron chi connectivity index (χ2n) is 6.56. The maximum Gasteiger partial charge on any atom is 0.0746 e. The smallest absolute Gasteiger partial charge is 0.0746 e. The Labute approximate surface area is 150 Å². The Morgan fingerprint density at radius 1 is 1.16 bits per heavy atom. The molecule has 3 heterocycles. The molecule has 0 aromatic carbocycles. The molecule has 0 spiro atoms. The minimum Gasteiger partial charge on any atom is -0.382 e. The van der Waals surface area contributed by atoms with Crippen LogP contribution < -0.4 is 0 Å². The Morgan fingerprint density at radius 2 is 2.00 bits per heavy atom. The van der Waals surface area contributed by atoms with Gasteiger partial charge in [0.15, 0.2) is 0 Å². The fourth-order valence-corrected chi connectivity index (χ4v) is 3.48. The summed E-state index contributed by atoms with van der Waals surface area (Å²) in [5, 5.41) is 0. The molecule has 5 nitrogen and oxygen atoms in total.